The van der Waals surface area contributed by atoms with Gasteiger partial charge in [-0.25, -0.2) is 0 Å². The third kappa shape index (κ3) is 4.57. The van der Waals surface area contributed by atoms with E-state index in [-0.39, 0.29) is 23.8 Å². The second kappa shape index (κ2) is 9.00. The first-order chi connectivity index (χ1) is 14.6. The van der Waals surface area contributed by atoms with E-state index < -0.39 is 6.10 Å². The van der Waals surface area contributed by atoms with Gasteiger partial charge in [-0.1, -0.05) is 67.8 Å². The van der Waals surface area contributed by atoms with Crippen molar-refractivity contribution in [2.45, 2.75) is 51.2 Å². The highest BCUT2D eigenvalue weighted by atomic mass is 16.3. The minimum absolute atomic E-state index is 0.0453. The molecule has 30 heavy (non-hydrogen) atoms. The fourth-order valence-corrected chi connectivity index (χ4v) is 4.95. The van der Waals surface area contributed by atoms with Crippen LogP contribution in [0.4, 0.5) is 0 Å². The van der Waals surface area contributed by atoms with Crippen molar-refractivity contribution in [3.05, 3.63) is 71.3 Å². The summed E-state index contributed by atoms with van der Waals surface area (Å²) in [5.74, 6) is 0.0338. The number of nitrogens with zero attached hydrogens (tertiary/aromatic N) is 1. The molecule has 4 rings (SSSR count). The average Bonchev–Trinajstić information content (AvgIpc) is 3.08. The predicted molar refractivity (Wildman–Crippen MR) is 116 cm³/mol. The second-order valence-corrected chi connectivity index (χ2v) is 8.79. The van der Waals surface area contributed by atoms with Gasteiger partial charge in [-0.2, -0.15) is 0 Å². The largest absolute Gasteiger partial charge is 0.387 e. The summed E-state index contributed by atoms with van der Waals surface area (Å²) < 4.78 is 0. The van der Waals surface area contributed by atoms with Crippen LogP contribution in [0.25, 0.3) is 0 Å². The van der Waals surface area contributed by atoms with E-state index in [2.05, 4.69) is 5.32 Å². The Bertz CT molecular complexity index is 890. The molecule has 1 atom stereocenters. The number of aliphatic hydroxyl groups excluding tert-OH is 1. The highest BCUT2D eigenvalue weighted by Crippen LogP contribution is 2.41. The summed E-state index contributed by atoms with van der Waals surface area (Å²) >= 11 is 0. The van der Waals surface area contributed by atoms with Crippen LogP contribution in [0.15, 0.2) is 54.6 Å². The molecule has 158 valence electrons. The summed E-state index contributed by atoms with van der Waals surface area (Å²) in [6.45, 7) is 1.45. The minimum atomic E-state index is -0.716. The third-order valence-electron chi connectivity index (χ3n) is 6.55. The van der Waals surface area contributed by atoms with Gasteiger partial charge >= 0.3 is 0 Å². The number of carbonyl (C=O) groups is 2. The van der Waals surface area contributed by atoms with Crippen LogP contribution in [0.1, 0.15) is 66.1 Å². The second-order valence-electron chi connectivity index (χ2n) is 8.79. The van der Waals surface area contributed by atoms with Crippen LogP contribution < -0.4 is 5.32 Å². The van der Waals surface area contributed by atoms with Crippen molar-refractivity contribution in [3.63, 3.8) is 0 Å². The first-order valence-corrected chi connectivity index (χ1v) is 10.9. The van der Waals surface area contributed by atoms with Gasteiger partial charge in [0, 0.05) is 31.6 Å². The first kappa shape index (κ1) is 20.6. The number of rotatable bonds is 7. The van der Waals surface area contributed by atoms with Crippen molar-refractivity contribution in [3.8, 4) is 0 Å². The van der Waals surface area contributed by atoms with E-state index in [4.69, 9.17) is 0 Å². The SMILES string of the molecule is O=C(CC1(CN2Cc3ccccc3C2=O)CCCCC1)NCC(O)c1ccccc1. The minimum Gasteiger partial charge on any atom is -0.387 e. The lowest BCUT2D eigenvalue weighted by atomic mass is 9.71. The van der Waals surface area contributed by atoms with Crippen LogP contribution in [0.3, 0.4) is 0 Å². The monoisotopic (exact) mass is 406 g/mol. The molecule has 0 saturated heterocycles. The molecule has 2 amide bonds. The molecule has 1 saturated carbocycles. The van der Waals surface area contributed by atoms with Gasteiger partial charge in [0.15, 0.2) is 0 Å². The zero-order valence-electron chi connectivity index (χ0n) is 17.3. The standard InChI is InChI=1S/C25H30N2O3/c28-22(19-9-3-1-4-10-19)16-26-23(29)15-25(13-7-2-8-14-25)18-27-17-20-11-5-6-12-21(20)24(27)30/h1,3-6,9-12,22,28H,2,7-8,13-18H2,(H,26,29). The Morgan fingerprint density at radius 3 is 2.47 bits per heavy atom. The number of aliphatic hydroxyl groups is 1. The number of hydrogen-bond donors (Lipinski definition) is 2. The molecule has 2 aliphatic rings. The van der Waals surface area contributed by atoms with Gasteiger partial charge in [-0.05, 0) is 35.4 Å². The molecule has 1 aliphatic heterocycles. The Morgan fingerprint density at radius 1 is 1.03 bits per heavy atom. The Balaban J connectivity index is 1.39. The Kier molecular flexibility index (Phi) is 6.18. The van der Waals surface area contributed by atoms with E-state index in [1.807, 2.05) is 59.5 Å². The highest BCUT2D eigenvalue weighted by Gasteiger charge is 2.39. The first-order valence-electron chi connectivity index (χ1n) is 10.9. The van der Waals surface area contributed by atoms with Gasteiger partial charge < -0.3 is 15.3 Å². The molecule has 2 aromatic rings. The summed E-state index contributed by atoms with van der Waals surface area (Å²) in [4.78, 5) is 27.6. The molecule has 1 fully saturated rings. The van der Waals surface area contributed by atoms with Crippen LogP contribution >= 0.6 is 0 Å². The predicted octanol–water partition coefficient (Wildman–Crippen LogP) is 3.83. The maximum Gasteiger partial charge on any atom is 0.254 e. The lowest BCUT2D eigenvalue weighted by molar-refractivity contribution is -0.124. The van der Waals surface area contributed by atoms with Crippen molar-refractivity contribution in [1.29, 1.82) is 0 Å². The molecular weight excluding hydrogens is 376 g/mol. The summed E-state index contributed by atoms with van der Waals surface area (Å²) in [6.07, 6.45) is 4.97. The molecule has 1 unspecified atom stereocenters. The van der Waals surface area contributed by atoms with Crippen molar-refractivity contribution in [1.82, 2.24) is 10.2 Å². The Morgan fingerprint density at radius 2 is 1.73 bits per heavy atom. The van der Waals surface area contributed by atoms with Crippen molar-refractivity contribution >= 4 is 11.8 Å². The number of carbonyl (C=O) groups excluding carboxylic acids is 2. The molecule has 1 aliphatic carbocycles. The normalized spacial score (nSPS) is 18.7. The van der Waals surface area contributed by atoms with Crippen molar-refractivity contribution in [2.24, 2.45) is 5.41 Å². The number of fused-ring (bicyclic) bond motifs is 1. The van der Waals surface area contributed by atoms with Gasteiger partial charge in [-0.3, -0.25) is 9.59 Å². The highest BCUT2D eigenvalue weighted by molar-refractivity contribution is 5.98. The lowest BCUT2D eigenvalue weighted by Gasteiger charge is -2.39. The zero-order valence-corrected chi connectivity index (χ0v) is 17.3. The van der Waals surface area contributed by atoms with E-state index in [0.29, 0.717) is 19.5 Å². The van der Waals surface area contributed by atoms with Crippen LogP contribution in [-0.2, 0) is 11.3 Å². The molecule has 1 heterocycles. The van der Waals surface area contributed by atoms with E-state index in [0.717, 1.165) is 42.4 Å². The average molecular weight is 407 g/mol. The van der Waals surface area contributed by atoms with E-state index in [1.54, 1.807) is 0 Å². The molecule has 5 nitrogen and oxygen atoms in total. The smallest absolute Gasteiger partial charge is 0.254 e. The van der Waals surface area contributed by atoms with E-state index in [9.17, 15) is 14.7 Å². The molecule has 0 spiro atoms. The Labute approximate surface area is 178 Å². The van der Waals surface area contributed by atoms with Gasteiger partial charge in [0.1, 0.15) is 0 Å². The summed E-state index contributed by atoms with van der Waals surface area (Å²) in [7, 11) is 0. The topological polar surface area (TPSA) is 69.6 Å². The fourth-order valence-electron chi connectivity index (χ4n) is 4.95. The fraction of sp³-hybridized carbons (Fsp3) is 0.440. The number of amides is 2. The quantitative estimate of drug-likeness (QED) is 0.734. The van der Waals surface area contributed by atoms with Crippen LogP contribution in [0.2, 0.25) is 0 Å². The number of benzene rings is 2. The molecule has 2 aromatic carbocycles. The third-order valence-corrected chi connectivity index (χ3v) is 6.55. The van der Waals surface area contributed by atoms with Crippen molar-refractivity contribution in [2.75, 3.05) is 13.1 Å². The van der Waals surface area contributed by atoms with Gasteiger partial charge in [-0.15, -0.1) is 0 Å². The zero-order chi connectivity index (χ0) is 21.0. The summed E-state index contributed by atoms with van der Waals surface area (Å²) in [6, 6.07) is 17.2. The molecule has 0 radical (unpaired) electrons. The van der Waals surface area contributed by atoms with Gasteiger partial charge in [0.05, 0.1) is 6.10 Å². The lowest BCUT2D eigenvalue weighted by Crippen LogP contribution is -2.43. The van der Waals surface area contributed by atoms with E-state index >= 15 is 0 Å². The molecule has 0 bridgehead atoms. The van der Waals surface area contributed by atoms with Crippen LogP contribution in [0, 0.1) is 5.41 Å². The number of hydrogen-bond acceptors (Lipinski definition) is 3. The maximum atomic E-state index is 12.9. The number of nitrogens with one attached hydrogen (secondary N) is 1. The maximum absolute atomic E-state index is 12.9. The summed E-state index contributed by atoms with van der Waals surface area (Å²) in [5.41, 5.74) is 2.48. The Hall–Kier alpha value is -2.66. The van der Waals surface area contributed by atoms with Gasteiger partial charge in [0.25, 0.3) is 5.91 Å². The molecule has 0 aromatic heterocycles. The van der Waals surface area contributed by atoms with Crippen LogP contribution in [-0.4, -0.2) is 34.9 Å². The summed E-state index contributed by atoms with van der Waals surface area (Å²) in [5, 5.41) is 13.3. The van der Waals surface area contributed by atoms with Crippen molar-refractivity contribution < 1.29 is 14.7 Å². The van der Waals surface area contributed by atoms with E-state index in [1.165, 1.54) is 6.42 Å². The van der Waals surface area contributed by atoms with Crippen LogP contribution in [0.5, 0.6) is 0 Å². The molecule has 5 heteroatoms. The molecule has 2 N–H and O–H groups in total. The molecular formula is C25H30N2O3. The van der Waals surface area contributed by atoms with Gasteiger partial charge in [0.2, 0.25) is 5.91 Å².